The highest BCUT2D eigenvalue weighted by atomic mass is 16.5. The summed E-state index contributed by atoms with van der Waals surface area (Å²) in [4.78, 5) is 25.0. The number of hydrogen-bond donors (Lipinski definition) is 2. The molecule has 2 N–H and O–H groups in total. The largest absolute Gasteiger partial charge is 0.495 e. The molecule has 0 unspecified atom stereocenters. The maximum absolute atomic E-state index is 12.5. The Bertz CT molecular complexity index is 993. The second-order valence-electron chi connectivity index (χ2n) is 6.56. The second kappa shape index (κ2) is 8.39. The van der Waals surface area contributed by atoms with Gasteiger partial charge in [-0.25, -0.2) is 0 Å². The first-order chi connectivity index (χ1) is 13.5. The molecule has 3 aromatic rings. The minimum absolute atomic E-state index is 0.221. The van der Waals surface area contributed by atoms with Crippen LogP contribution in [0, 0.1) is 13.8 Å². The molecular weight excluding hydrogens is 352 g/mol. The third-order valence-corrected chi connectivity index (χ3v) is 4.33. The predicted molar refractivity (Wildman–Crippen MR) is 111 cm³/mol. The molecule has 0 fully saturated rings. The highest BCUT2D eigenvalue weighted by Crippen LogP contribution is 2.28. The van der Waals surface area contributed by atoms with Gasteiger partial charge < -0.3 is 15.4 Å². The van der Waals surface area contributed by atoms with Gasteiger partial charge in [-0.1, -0.05) is 35.4 Å². The minimum Gasteiger partial charge on any atom is -0.495 e. The number of aryl methyl sites for hydroxylation is 2. The highest BCUT2D eigenvalue weighted by Gasteiger charge is 2.12. The summed E-state index contributed by atoms with van der Waals surface area (Å²) in [6.07, 6.45) is 0. The van der Waals surface area contributed by atoms with Gasteiger partial charge in [0, 0.05) is 16.8 Å². The lowest BCUT2D eigenvalue weighted by atomic mass is 10.1. The van der Waals surface area contributed by atoms with Gasteiger partial charge in [0.2, 0.25) is 0 Å². The van der Waals surface area contributed by atoms with E-state index < -0.39 is 0 Å². The molecular formula is C23H22N2O3. The molecule has 0 aliphatic carbocycles. The monoisotopic (exact) mass is 374 g/mol. The normalized spacial score (nSPS) is 10.2. The zero-order valence-corrected chi connectivity index (χ0v) is 16.1. The second-order valence-corrected chi connectivity index (χ2v) is 6.56. The number of rotatable bonds is 5. The smallest absolute Gasteiger partial charge is 0.255 e. The number of hydrogen-bond acceptors (Lipinski definition) is 3. The number of nitrogens with one attached hydrogen (secondary N) is 2. The topological polar surface area (TPSA) is 67.4 Å². The number of benzene rings is 3. The number of anilines is 2. The molecule has 0 heterocycles. The predicted octanol–water partition coefficient (Wildman–Crippen LogP) is 4.82. The van der Waals surface area contributed by atoms with Crippen LogP contribution in [0.15, 0.2) is 66.7 Å². The number of ether oxygens (including phenoxy) is 1. The van der Waals surface area contributed by atoms with Crippen LogP contribution in [0.5, 0.6) is 5.75 Å². The number of carbonyl (C=O) groups is 2. The van der Waals surface area contributed by atoms with E-state index in [0.717, 1.165) is 11.1 Å². The molecule has 3 rings (SSSR count). The van der Waals surface area contributed by atoms with E-state index >= 15 is 0 Å². The van der Waals surface area contributed by atoms with Crippen molar-refractivity contribution in [1.29, 1.82) is 0 Å². The Hall–Kier alpha value is -3.60. The Kier molecular flexibility index (Phi) is 5.75. The molecule has 0 spiro atoms. The van der Waals surface area contributed by atoms with Crippen LogP contribution in [0.3, 0.4) is 0 Å². The number of carbonyl (C=O) groups excluding carboxylic acids is 2. The zero-order chi connectivity index (χ0) is 20.1. The van der Waals surface area contributed by atoms with Crippen LogP contribution in [0.4, 0.5) is 11.4 Å². The maximum Gasteiger partial charge on any atom is 0.255 e. The van der Waals surface area contributed by atoms with E-state index in [0.29, 0.717) is 28.3 Å². The fourth-order valence-corrected chi connectivity index (χ4v) is 2.69. The molecule has 5 nitrogen and oxygen atoms in total. The minimum atomic E-state index is -0.250. The third-order valence-electron chi connectivity index (χ3n) is 4.33. The quantitative estimate of drug-likeness (QED) is 0.673. The summed E-state index contributed by atoms with van der Waals surface area (Å²) in [5.74, 6) is 0.0371. The van der Waals surface area contributed by atoms with Crippen molar-refractivity contribution in [2.45, 2.75) is 13.8 Å². The lowest BCUT2D eigenvalue weighted by molar-refractivity contribution is 0.101. The molecule has 5 heteroatoms. The van der Waals surface area contributed by atoms with Crippen LogP contribution >= 0.6 is 0 Å². The van der Waals surface area contributed by atoms with Crippen LogP contribution in [0.2, 0.25) is 0 Å². The Morgan fingerprint density at radius 1 is 0.714 bits per heavy atom. The Balaban J connectivity index is 1.79. The van der Waals surface area contributed by atoms with E-state index in [1.807, 2.05) is 38.1 Å². The van der Waals surface area contributed by atoms with Crippen LogP contribution in [-0.4, -0.2) is 18.9 Å². The van der Waals surface area contributed by atoms with E-state index in [4.69, 9.17) is 4.74 Å². The maximum atomic E-state index is 12.5. The van der Waals surface area contributed by atoms with Crippen LogP contribution in [0.25, 0.3) is 0 Å². The number of amides is 2. The summed E-state index contributed by atoms with van der Waals surface area (Å²) < 4.78 is 5.33. The third kappa shape index (κ3) is 4.57. The first-order valence-corrected chi connectivity index (χ1v) is 8.90. The molecule has 0 saturated carbocycles. The summed E-state index contributed by atoms with van der Waals surface area (Å²) in [7, 11) is 1.53. The summed E-state index contributed by atoms with van der Waals surface area (Å²) in [6.45, 7) is 3.93. The van der Waals surface area contributed by atoms with Crippen LogP contribution in [0.1, 0.15) is 31.8 Å². The van der Waals surface area contributed by atoms with Crippen LogP contribution in [-0.2, 0) is 0 Å². The summed E-state index contributed by atoms with van der Waals surface area (Å²) in [5, 5.41) is 5.69. The van der Waals surface area contributed by atoms with Gasteiger partial charge in [-0.2, -0.15) is 0 Å². The van der Waals surface area contributed by atoms with Gasteiger partial charge in [-0.05, 0) is 56.3 Å². The molecule has 3 aromatic carbocycles. The first kappa shape index (κ1) is 19.2. The van der Waals surface area contributed by atoms with Crippen LogP contribution < -0.4 is 15.4 Å². The first-order valence-electron chi connectivity index (χ1n) is 8.90. The summed E-state index contributed by atoms with van der Waals surface area (Å²) in [6, 6.07) is 19.7. The Morgan fingerprint density at radius 2 is 1.21 bits per heavy atom. The van der Waals surface area contributed by atoms with Crippen molar-refractivity contribution in [3.63, 3.8) is 0 Å². The lowest BCUT2D eigenvalue weighted by Gasteiger charge is -2.13. The van der Waals surface area contributed by atoms with Gasteiger partial charge in [0.25, 0.3) is 11.8 Å². The van der Waals surface area contributed by atoms with Crippen molar-refractivity contribution in [1.82, 2.24) is 0 Å². The van der Waals surface area contributed by atoms with Crippen molar-refractivity contribution in [3.05, 3.63) is 89.0 Å². The van der Waals surface area contributed by atoms with Gasteiger partial charge in [-0.3, -0.25) is 9.59 Å². The van der Waals surface area contributed by atoms with E-state index in [1.54, 1.807) is 42.5 Å². The number of methoxy groups -OCH3 is 1. The standard InChI is InChI=1S/C23H22N2O3/c1-15-4-8-17(9-5-15)22(26)24-19-12-13-21(28-3)20(14-19)25-23(27)18-10-6-16(2)7-11-18/h4-14H,1-3H3,(H,24,26)(H,25,27). The van der Waals surface area contributed by atoms with Crippen molar-refractivity contribution < 1.29 is 14.3 Å². The van der Waals surface area contributed by atoms with E-state index in [9.17, 15) is 9.59 Å². The molecule has 142 valence electrons. The van der Waals surface area contributed by atoms with Gasteiger partial charge in [0.15, 0.2) is 0 Å². The summed E-state index contributed by atoms with van der Waals surface area (Å²) >= 11 is 0. The van der Waals surface area contributed by atoms with Gasteiger partial charge in [0.1, 0.15) is 5.75 Å². The Labute approximate surface area is 164 Å². The van der Waals surface area contributed by atoms with E-state index in [2.05, 4.69) is 10.6 Å². The van der Waals surface area contributed by atoms with Gasteiger partial charge in [0.05, 0.1) is 12.8 Å². The van der Waals surface area contributed by atoms with Crippen molar-refractivity contribution >= 4 is 23.2 Å². The molecule has 0 aliphatic heterocycles. The molecule has 28 heavy (non-hydrogen) atoms. The van der Waals surface area contributed by atoms with Gasteiger partial charge in [-0.15, -0.1) is 0 Å². The van der Waals surface area contributed by atoms with E-state index in [1.165, 1.54) is 7.11 Å². The molecule has 0 radical (unpaired) electrons. The Morgan fingerprint density at radius 3 is 1.71 bits per heavy atom. The SMILES string of the molecule is COc1ccc(NC(=O)c2ccc(C)cc2)cc1NC(=O)c1ccc(C)cc1. The van der Waals surface area contributed by atoms with Crippen molar-refractivity contribution in [2.75, 3.05) is 17.7 Å². The molecule has 0 saturated heterocycles. The van der Waals surface area contributed by atoms with Crippen molar-refractivity contribution in [3.8, 4) is 5.75 Å². The fraction of sp³-hybridized carbons (Fsp3) is 0.130. The van der Waals surface area contributed by atoms with Crippen molar-refractivity contribution in [2.24, 2.45) is 0 Å². The molecule has 0 aliphatic rings. The summed E-state index contributed by atoms with van der Waals surface area (Å²) in [5.41, 5.74) is 4.31. The lowest BCUT2D eigenvalue weighted by Crippen LogP contribution is -2.14. The molecule has 2 amide bonds. The zero-order valence-electron chi connectivity index (χ0n) is 16.1. The highest BCUT2D eigenvalue weighted by molar-refractivity contribution is 6.07. The average molecular weight is 374 g/mol. The molecule has 0 bridgehead atoms. The average Bonchev–Trinajstić information content (AvgIpc) is 2.69. The van der Waals surface area contributed by atoms with E-state index in [-0.39, 0.29) is 11.8 Å². The van der Waals surface area contributed by atoms with Gasteiger partial charge >= 0.3 is 0 Å². The molecule has 0 aromatic heterocycles. The fourth-order valence-electron chi connectivity index (χ4n) is 2.69. The molecule has 0 atom stereocenters.